The SMILES string of the molecule is COc1ccc(CCC(=O)N2CCN(c3ccc(N4CCCC4)nn3)CC2)cc1. The van der Waals surface area contributed by atoms with Crippen LogP contribution in [0.2, 0.25) is 0 Å². The van der Waals surface area contributed by atoms with Gasteiger partial charge in [-0.1, -0.05) is 12.1 Å². The van der Waals surface area contributed by atoms with Gasteiger partial charge in [0.2, 0.25) is 5.91 Å². The Labute approximate surface area is 172 Å². The van der Waals surface area contributed by atoms with Crippen LogP contribution in [0.4, 0.5) is 11.6 Å². The molecule has 2 aromatic rings. The van der Waals surface area contributed by atoms with Crippen LogP contribution in [0.5, 0.6) is 5.75 Å². The second kappa shape index (κ2) is 9.11. The molecular weight excluding hydrogens is 366 g/mol. The van der Waals surface area contributed by atoms with Crippen LogP contribution in [-0.4, -0.2) is 67.4 Å². The van der Waals surface area contributed by atoms with Gasteiger partial charge in [-0.3, -0.25) is 4.79 Å². The Balaban J connectivity index is 1.24. The van der Waals surface area contributed by atoms with E-state index in [0.29, 0.717) is 6.42 Å². The molecule has 2 saturated heterocycles. The quantitative estimate of drug-likeness (QED) is 0.748. The van der Waals surface area contributed by atoms with Gasteiger partial charge >= 0.3 is 0 Å². The van der Waals surface area contributed by atoms with Gasteiger partial charge in [-0.15, -0.1) is 10.2 Å². The molecule has 29 heavy (non-hydrogen) atoms. The summed E-state index contributed by atoms with van der Waals surface area (Å²) in [7, 11) is 1.66. The first-order chi connectivity index (χ1) is 14.2. The van der Waals surface area contributed by atoms with Crippen molar-refractivity contribution in [2.45, 2.75) is 25.7 Å². The summed E-state index contributed by atoms with van der Waals surface area (Å²) in [5.41, 5.74) is 1.16. The summed E-state index contributed by atoms with van der Waals surface area (Å²) in [6.07, 6.45) is 3.76. The van der Waals surface area contributed by atoms with Crippen LogP contribution in [0.15, 0.2) is 36.4 Å². The van der Waals surface area contributed by atoms with Crippen molar-refractivity contribution in [1.29, 1.82) is 0 Å². The number of rotatable bonds is 6. The third-order valence-corrected chi connectivity index (χ3v) is 5.81. The smallest absolute Gasteiger partial charge is 0.223 e. The molecule has 2 aliphatic heterocycles. The Morgan fingerprint density at radius 2 is 1.45 bits per heavy atom. The number of aryl methyl sites for hydroxylation is 1. The highest BCUT2D eigenvalue weighted by Crippen LogP contribution is 2.20. The van der Waals surface area contributed by atoms with E-state index in [1.807, 2.05) is 29.2 Å². The molecule has 0 atom stereocenters. The molecule has 1 aromatic carbocycles. The van der Waals surface area contributed by atoms with Crippen molar-refractivity contribution in [2.75, 3.05) is 56.2 Å². The molecule has 3 heterocycles. The van der Waals surface area contributed by atoms with Gasteiger partial charge in [0, 0.05) is 45.7 Å². The van der Waals surface area contributed by atoms with E-state index in [1.54, 1.807) is 7.11 Å². The van der Waals surface area contributed by atoms with Gasteiger partial charge in [-0.05, 0) is 49.1 Å². The van der Waals surface area contributed by atoms with E-state index in [9.17, 15) is 4.79 Å². The fourth-order valence-corrected chi connectivity index (χ4v) is 3.99. The zero-order valence-corrected chi connectivity index (χ0v) is 17.1. The van der Waals surface area contributed by atoms with Crippen LogP contribution in [0.3, 0.4) is 0 Å². The van der Waals surface area contributed by atoms with Crippen molar-refractivity contribution in [3.63, 3.8) is 0 Å². The molecule has 0 saturated carbocycles. The normalized spacial score (nSPS) is 16.9. The van der Waals surface area contributed by atoms with Crippen LogP contribution in [0.1, 0.15) is 24.8 Å². The summed E-state index contributed by atoms with van der Waals surface area (Å²) in [4.78, 5) is 19.0. The van der Waals surface area contributed by atoms with Crippen LogP contribution in [-0.2, 0) is 11.2 Å². The maximum absolute atomic E-state index is 12.6. The topological polar surface area (TPSA) is 61.8 Å². The molecule has 7 nitrogen and oxygen atoms in total. The lowest BCUT2D eigenvalue weighted by Crippen LogP contribution is -2.49. The number of hydrogen-bond acceptors (Lipinski definition) is 6. The number of methoxy groups -OCH3 is 1. The maximum atomic E-state index is 12.6. The number of carbonyl (C=O) groups is 1. The molecule has 0 spiro atoms. The lowest BCUT2D eigenvalue weighted by molar-refractivity contribution is -0.131. The second-order valence-corrected chi connectivity index (χ2v) is 7.66. The third-order valence-electron chi connectivity index (χ3n) is 5.81. The monoisotopic (exact) mass is 395 g/mol. The van der Waals surface area contributed by atoms with Crippen molar-refractivity contribution in [3.8, 4) is 5.75 Å². The minimum absolute atomic E-state index is 0.218. The Hall–Kier alpha value is -2.83. The number of benzene rings is 1. The van der Waals surface area contributed by atoms with Gasteiger partial charge in [0.1, 0.15) is 5.75 Å². The van der Waals surface area contributed by atoms with Gasteiger partial charge in [0.25, 0.3) is 0 Å². The molecule has 2 fully saturated rings. The molecule has 154 valence electrons. The van der Waals surface area contributed by atoms with Crippen molar-refractivity contribution in [3.05, 3.63) is 42.0 Å². The van der Waals surface area contributed by atoms with Gasteiger partial charge in [-0.2, -0.15) is 0 Å². The summed E-state index contributed by atoms with van der Waals surface area (Å²) in [6.45, 7) is 5.21. The highest BCUT2D eigenvalue weighted by molar-refractivity contribution is 5.76. The molecule has 0 bridgehead atoms. The van der Waals surface area contributed by atoms with E-state index in [-0.39, 0.29) is 5.91 Å². The molecule has 0 unspecified atom stereocenters. The first-order valence-corrected chi connectivity index (χ1v) is 10.5. The standard InChI is InChI=1S/C22H29N5O2/c1-29-19-7-4-18(5-8-19)6-11-22(28)27-16-14-26(15-17-27)21-10-9-20(23-24-21)25-12-2-3-13-25/h4-5,7-10H,2-3,6,11-17H2,1H3. The zero-order chi connectivity index (χ0) is 20.1. The first-order valence-electron chi connectivity index (χ1n) is 10.5. The number of aromatic nitrogens is 2. The number of carbonyl (C=O) groups excluding carboxylic acids is 1. The second-order valence-electron chi connectivity index (χ2n) is 7.66. The van der Waals surface area contributed by atoms with Gasteiger partial charge < -0.3 is 19.4 Å². The maximum Gasteiger partial charge on any atom is 0.223 e. The van der Waals surface area contributed by atoms with Crippen LogP contribution >= 0.6 is 0 Å². The van der Waals surface area contributed by atoms with Crippen molar-refractivity contribution in [2.24, 2.45) is 0 Å². The Kier molecular flexibility index (Phi) is 6.12. The molecule has 2 aliphatic rings. The van der Waals surface area contributed by atoms with E-state index in [0.717, 1.165) is 68.6 Å². The number of ether oxygens (including phenoxy) is 1. The molecule has 0 N–H and O–H groups in total. The van der Waals surface area contributed by atoms with Gasteiger partial charge in [0.15, 0.2) is 11.6 Å². The molecular formula is C22H29N5O2. The predicted octanol–water partition coefficient (Wildman–Crippen LogP) is 2.37. The van der Waals surface area contributed by atoms with Crippen molar-refractivity contribution < 1.29 is 9.53 Å². The molecule has 7 heteroatoms. The number of anilines is 2. The minimum Gasteiger partial charge on any atom is -0.497 e. The Bertz CT molecular complexity index is 795. The van der Waals surface area contributed by atoms with Crippen molar-refractivity contribution >= 4 is 17.5 Å². The van der Waals surface area contributed by atoms with Gasteiger partial charge in [0.05, 0.1) is 7.11 Å². The van der Waals surface area contributed by atoms with E-state index in [1.165, 1.54) is 12.8 Å². The summed E-state index contributed by atoms with van der Waals surface area (Å²) in [6, 6.07) is 12.0. The van der Waals surface area contributed by atoms with E-state index in [4.69, 9.17) is 4.74 Å². The third kappa shape index (κ3) is 4.78. The molecule has 1 amide bonds. The average Bonchev–Trinajstić information content (AvgIpc) is 3.33. The predicted molar refractivity (Wildman–Crippen MR) is 114 cm³/mol. The Morgan fingerprint density at radius 3 is 2.00 bits per heavy atom. The summed E-state index contributed by atoms with van der Waals surface area (Å²) in [5, 5.41) is 8.84. The summed E-state index contributed by atoms with van der Waals surface area (Å²) in [5.74, 6) is 2.93. The largest absolute Gasteiger partial charge is 0.497 e. The number of amides is 1. The highest BCUT2D eigenvalue weighted by atomic mass is 16.5. The minimum atomic E-state index is 0.218. The zero-order valence-electron chi connectivity index (χ0n) is 17.1. The summed E-state index contributed by atoms with van der Waals surface area (Å²) >= 11 is 0. The van der Waals surface area contributed by atoms with Crippen molar-refractivity contribution in [1.82, 2.24) is 15.1 Å². The summed E-state index contributed by atoms with van der Waals surface area (Å²) < 4.78 is 5.18. The fourth-order valence-electron chi connectivity index (χ4n) is 3.99. The molecule has 1 aromatic heterocycles. The Morgan fingerprint density at radius 1 is 0.862 bits per heavy atom. The number of hydrogen-bond donors (Lipinski definition) is 0. The van der Waals surface area contributed by atoms with Gasteiger partial charge in [-0.25, -0.2) is 0 Å². The lowest BCUT2D eigenvalue weighted by atomic mass is 10.1. The van der Waals surface area contributed by atoms with E-state index in [2.05, 4.69) is 32.1 Å². The molecule has 0 radical (unpaired) electrons. The lowest BCUT2D eigenvalue weighted by Gasteiger charge is -2.35. The average molecular weight is 396 g/mol. The first kappa shape index (κ1) is 19.5. The van der Waals surface area contributed by atoms with Crippen LogP contribution in [0, 0.1) is 0 Å². The fraction of sp³-hybridized carbons (Fsp3) is 0.500. The molecule has 4 rings (SSSR count). The van der Waals surface area contributed by atoms with Crippen LogP contribution < -0.4 is 14.5 Å². The van der Waals surface area contributed by atoms with Crippen LogP contribution in [0.25, 0.3) is 0 Å². The van der Waals surface area contributed by atoms with E-state index < -0.39 is 0 Å². The number of nitrogens with zero attached hydrogens (tertiary/aromatic N) is 5. The number of piperazine rings is 1. The van der Waals surface area contributed by atoms with E-state index >= 15 is 0 Å². The highest BCUT2D eigenvalue weighted by Gasteiger charge is 2.22. The molecule has 0 aliphatic carbocycles.